The van der Waals surface area contributed by atoms with Gasteiger partial charge in [0.25, 0.3) is 0 Å². The van der Waals surface area contributed by atoms with Crippen LogP contribution in [0.5, 0.6) is 0 Å². The lowest BCUT2D eigenvalue weighted by Crippen LogP contribution is -2.00. The topological polar surface area (TPSA) is 63.3 Å². The first-order valence-electron chi connectivity index (χ1n) is 3.07. The van der Waals surface area contributed by atoms with Gasteiger partial charge in [-0.25, -0.2) is 4.79 Å². The van der Waals surface area contributed by atoms with Crippen molar-refractivity contribution in [3.8, 4) is 0 Å². The second kappa shape index (κ2) is 4.33. The molecule has 0 saturated carbocycles. The van der Waals surface area contributed by atoms with Gasteiger partial charge in [0.2, 0.25) is 0 Å². The van der Waals surface area contributed by atoms with Crippen LogP contribution >= 0.6 is 0 Å². The molecule has 0 heterocycles. The molecular weight excluding hydrogens is 142 g/mol. The van der Waals surface area contributed by atoms with Gasteiger partial charge in [0, 0.05) is 11.3 Å². The van der Waals surface area contributed by atoms with E-state index in [9.17, 15) is 4.79 Å². The normalized spacial score (nSPS) is 12.8. The average Bonchev–Trinajstić information content (AvgIpc) is 1.87. The zero-order chi connectivity index (χ0) is 8.85. The minimum Gasteiger partial charge on any atom is -0.478 e. The summed E-state index contributed by atoms with van der Waals surface area (Å²) < 4.78 is 0. The molecule has 0 aliphatic carbocycles. The Bertz CT molecular complexity index is 226. The van der Waals surface area contributed by atoms with Gasteiger partial charge in [-0.3, -0.25) is 0 Å². The van der Waals surface area contributed by atoms with Crippen LogP contribution < -0.4 is 5.73 Å². The van der Waals surface area contributed by atoms with Gasteiger partial charge in [0.05, 0.1) is 0 Å². The number of carboxylic acid groups (broad SMARTS) is 1. The van der Waals surface area contributed by atoms with Crippen molar-refractivity contribution in [2.24, 2.45) is 5.73 Å². The highest BCUT2D eigenvalue weighted by atomic mass is 16.4. The van der Waals surface area contributed by atoms with Crippen molar-refractivity contribution >= 4 is 5.97 Å². The van der Waals surface area contributed by atoms with Crippen molar-refractivity contribution in [2.45, 2.75) is 6.92 Å². The van der Waals surface area contributed by atoms with Crippen LogP contribution in [-0.4, -0.2) is 11.1 Å². The van der Waals surface area contributed by atoms with Crippen LogP contribution in [0.3, 0.4) is 0 Å². The lowest BCUT2D eigenvalue weighted by atomic mass is 10.2. The Hall–Kier alpha value is -1.51. The van der Waals surface area contributed by atoms with Crippen molar-refractivity contribution in [2.75, 3.05) is 0 Å². The molecule has 0 aromatic carbocycles. The van der Waals surface area contributed by atoms with Crippen LogP contribution in [0.15, 0.2) is 36.1 Å². The first-order chi connectivity index (χ1) is 5.07. The van der Waals surface area contributed by atoms with Gasteiger partial charge in [-0.2, -0.15) is 0 Å². The van der Waals surface area contributed by atoms with E-state index in [4.69, 9.17) is 10.8 Å². The summed E-state index contributed by atoms with van der Waals surface area (Å²) in [5, 5.41) is 8.42. The molecule has 0 amide bonds. The standard InChI is InChI=1S/C8H11NO2/c1-3-4-7(9)5-6(2)8(10)11/h3-5H,1,9H2,2H3,(H,10,11)/b6-5+,7-4+. The summed E-state index contributed by atoms with van der Waals surface area (Å²) in [5.74, 6) is -0.967. The third kappa shape index (κ3) is 3.97. The Kier molecular flexibility index (Phi) is 3.73. The zero-order valence-electron chi connectivity index (χ0n) is 6.37. The Labute approximate surface area is 65.5 Å². The van der Waals surface area contributed by atoms with E-state index >= 15 is 0 Å². The van der Waals surface area contributed by atoms with Crippen LogP contribution in [0.1, 0.15) is 6.92 Å². The molecule has 0 aromatic rings. The van der Waals surface area contributed by atoms with E-state index in [0.29, 0.717) is 5.70 Å². The number of hydrogen-bond acceptors (Lipinski definition) is 2. The van der Waals surface area contributed by atoms with E-state index < -0.39 is 5.97 Å². The van der Waals surface area contributed by atoms with Crippen molar-refractivity contribution in [1.82, 2.24) is 0 Å². The second-order valence-corrected chi connectivity index (χ2v) is 2.03. The Morgan fingerprint density at radius 1 is 1.64 bits per heavy atom. The van der Waals surface area contributed by atoms with Gasteiger partial charge >= 0.3 is 5.97 Å². The molecule has 0 aliphatic rings. The van der Waals surface area contributed by atoms with E-state index in [0.717, 1.165) is 0 Å². The third-order valence-corrected chi connectivity index (χ3v) is 1.03. The van der Waals surface area contributed by atoms with Crippen LogP contribution in [0, 0.1) is 0 Å². The number of nitrogens with two attached hydrogens (primary N) is 1. The number of carboxylic acids is 1. The number of hydrogen-bond donors (Lipinski definition) is 2. The summed E-state index contributed by atoms with van der Waals surface area (Å²) in [5.41, 5.74) is 5.97. The van der Waals surface area contributed by atoms with Gasteiger partial charge < -0.3 is 10.8 Å². The molecule has 0 rings (SSSR count). The van der Waals surface area contributed by atoms with Gasteiger partial charge in [-0.1, -0.05) is 12.7 Å². The average molecular weight is 153 g/mol. The highest BCUT2D eigenvalue weighted by Gasteiger charge is 1.97. The predicted octanol–water partition coefficient (Wildman–Crippen LogP) is 1.05. The summed E-state index contributed by atoms with van der Waals surface area (Å²) in [7, 11) is 0. The minimum absolute atomic E-state index is 0.209. The minimum atomic E-state index is -0.967. The number of aliphatic carboxylic acids is 1. The smallest absolute Gasteiger partial charge is 0.331 e. The molecule has 0 saturated heterocycles. The molecule has 60 valence electrons. The maximum atomic E-state index is 10.3. The van der Waals surface area contributed by atoms with E-state index in [1.54, 1.807) is 0 Å². The highest BCUT2D eigenvalue weighted by molar-refractivity contribution is 5.86. The first kappa shape index (κ1) is 9.49. The zero-order valence-corrected chi connectivity index (χ0v) is 6.37. The largest absolute Gasteiger partial charge is 0.478 e. The molecule has 0 spiro atoms. The molecule has 0 aromatic heterocycles. The SMILES string of the molecule is C=C/C=C(N)\C=C(/C)C(=O)O. The summed E-state index contributed by atoms with van der Waals surface area (Å²) >= 11 is 0. The predicted molar refractivity (Wildman–Crippen MR) is 43.9 cm³/mol. The highest BCUT2D eigenvalue weighted by Crippen LogP contribution is 1.96. The Morgan fingerprint density at radius 2 is 2.18 bits per heavy atom. The fourth-order valence-electron chi connectivity index (χ4n) is 0.496. The molecule has 0 radical (unpaired) electrons. The summed E-state index contributed by atoms with van der Waals surface area (Å²) in [4.78, 5) is 10.3. The lowest BCUT2D eigenvalue weighted by molar-refractivity contribution is -0.132. The van der Waals surface area contributed by atoms with Crippen molar-refractivity contribution < 1.29 is 9.90 Å². The Balaban J connectivity index is 4.42. The van der Waals surface area contributed by atoms with Crippen molar-refractivity contribution in [3.63, 3.8) is 0 Å². The molecule has 3 nitrogen and oxygen atoms in total. The summed E-state index contributed by atoms with van der Waals surface area (Å²) in [6.07, 6.45) is 4.41. The van der Waals surface area contributed by atoms with Crippen LogP contribution in [0.25, 0.3) is 0 Å². The monoisotopic (exact) mass is 153 g/mol. The van der Waals surface area contributed by atoms with Gasteiger partial charge in [-0.15, -0.1) is 0 Å². The molecule has 11 heavy (non-hydrogen) atoms. The maximum absolute atomic E-state index is 10.3. The molecular formula is C8H11NO2. The fraction of sp³-hybridized carbons (Fsp3) is 0.125. The van der Waals surface area contributed by atoms with Crippen LogP contribution in [-0.2, 0) is 4.79 Å². The molecule has 3 N–H and O–H groups in total. The van der Waals surface area contributed by atoms with E-state index in [1.807, 2.05) is 0 Å². The maximum Gasteiger partial charge on any atom is 0.331 e. The van der Waals surface area contributed by atoms with Gasteiger partial charge in [0.15, 0.2) is 0 Å². The van der Waals surface area contributed by atoms with Gasteiger partial charge in [0.1, 0.15) is 0 Å². The quantitative estimate of drug-likeness (QED) is 0.470. The third-order valence-electron chi connectivity index (χ3n) is 1.03. The molecule has 0 fully saturated rings. The van der Waals surface area contributed by atoms with E-state index in [1.165, 1.54) is 25.2 Å². The number of allylic oxidation sites excluding steroid dienone is 3. The number of rotatable bonds is 3. The van der Waals surface area contributed by atoms with Crippen LogP contribution in [0.2, 0.25) is 0 Å². The summed E-state index contributed by atoms with van der Waals surface area (Å²) in [6, 6.07) is 0. The van der Waals surface area contributed by atoms with Crippen molar-refractivity contribution in [3.05, 3.63) is 36.1 Å². The van der Waals surface area contributed by atoms with E-state index in [-0.39, 0.29) is 5.57 Å². The molecule has 0 unspecified atom stereocenters. The fourth-order valence-corrected chi connectivity index (χ4v) is 0.496. The first-order valence-corrected chi connectivity index (χ1v) is 3.07. The second-order valence-electron chi connectivity index (χ2n) is 2.03. The molecule has 3 heteroatoms. The van der Waals surface area contributed by atoms with Crippen LogP contribution in [0.4, 0.5) is 0 Å². The van der Waals surface area contributed by atoms with E-state index in [2.05, 4.69) is 6.58 Å². The Morgan fingerprint density at radius 3 is 2.55 bits per heavy atom. The molecule has 0 atom stereocenters. The van der Waals surface area contributed by atoms with Gasteiger partial charge in [-0.05, 0) is 19.1 Å². The molecule has 0 aliphatic heterocycles. The van der Waals surface area contributed by atoms with Crippen molar-refractivity contribution in [1.29, 1.82) is 0 Å². The number of carbonyl (C=O) groups is 1. The molecule has 0 bridgehead atoms. The lowest BCUT2D eigenvalue weighted by Gasteiger charge is -1.92. The summed E-state index contributed by atoms with van der Waals surface area (Å²) in [6.45, 7) is 4.90.